The molecule has 0 aliphatic carbocycles. The van der Waals surface area contributed by atoms with E-state index in [9.17, 15) is 26.4 Å². The van der Waals surface area contributed by atoms with Crippen molar-refractivity contribution in [2.45, 2.75) is 42.5 Å². The minimum Gasteiger partial charge on any atom is -0.312 e. The molecule has 1 aromatic heterocycles. The molecular weight excluding hydrogens is 467 g/mol. The van der Waals surface area contributed by atoms with Crippen LogP contribution in [-0.2, 0) is 20.8 Å². The SMILES string of the molecule is CC(C)([C@H]1CCN(c2ccc(-n3ccnc3)cc2)C(=O)C1)S(=O)(=O)c1cccc(C(F)(F)F)c1. The number of hydrogen-bond acceptors (Lipinski definition) is 4. The molecule has 0 saturated carbocycles. The fourth-order valence-corrected chi connectivity index (χ4v) is 6.07. The van der Waals surface area contributed by atoms with E-state index in [1.54, 1.807) is 23.6 Å². The number of carbonyl (C=O) groups is 1. The number of carbonyl (C=O) groups excluding carboxylic acids is 1. The average molecular weight is 492 g/mol. The van der Waals surface area contributed by atoms with E-state index in [0.29, 0.717) is 24.7 Å². The Morgan fingerprint density at radius 1 is 1.03 bits per heavy atom. The third kappa shape index (κ3) is 4.34. The zero-order valence-corrected chi connectivity index (χ0v) is 19.5. The molecule has 3 aromatic rings. The second-order valence-electron chi connectivity index (χ2n) is 8.85. The van der Waals surface area contributed by atoms with Crippen LogP contribution in [-0.4, -0.2) is 35.2 Å². The van der Waals surface area contributed by atoms with Crippen LogP contribution in [0.4, 0.5) is 18.9 Å². The minimum absolute atomic E-state index is 0.0194. The first-order chi connectivity index (χ1) is 15.9. The lowest BCUT2D eigenvalue weighted by atomic mass is 9.85. The van der Waals surface area contributed by atoms with Gasteiger partial charge in [-0.15, -0.1) is 0 Å². The van der Waals surface area contributed by atoms with Crippen LogP contribution in [0.3, 0.4) is 0 Å². The number of sulfone groups is 1. The van der Waals surface area contributed by atoms with Gasteiger partial charge in [0.25, 0.3) is 0 Å². The van der Waals surface area contributed by atoms with E-state index in [1.807, 2.05) is 28.8 Å². The van der Waals surface area contributed by atoms with Crippen LogP contribution in [0.5, 0.6) is 0 Å². The van der Waals surface area contributed by atoms with Gasteiger partial charge in [0, 0.05) is 36.7 Å². The van der Waals surface area contributed by atoms with Gasteiger partial charge < -0.3 is 9.47 Å². The standard InChI is InChI=1S/C24H24F3N3O3S/c1-23(2,34(32,33)21-5-3-4-18(14-21)24(25,26)27)17-10-12-30(22(31)15-17)20-8-6-19(7-9-20)29-13-11-28-16-29/h3-9,11,13-14,16-17H,10,12,15H2,1-2H3/t17-/m0/s1. The van der Waals surface area contributed by atoms with Gasteiger partial charge in [0.2, 0.25) is 5.91 Å². The smallest absolute Gasteiger partial charge is 0.312 e. The lowest BCUT2D eigenvalue weighted by Gasteiger charge is -2.39. The monoisotopic (exact) mass is 491 g/mol. The topological polar surface area (TPSA) is 72.3 Å². The summed E-state index contributed by atoms with van der Waals surface area (Å²) in [6.45, 7) is 3.28. The predicted octanol–water partition coefficient (Wildman–Crippen LogP) is 4.89. The van der Waals surface area contributed by atoms with Gasteiger partial charge >= 0.3 is 6.18 Å². The van der Waals surface area contributed by atoms with Gasteiger partial charge in [-0.1, -0.05) is 6.07 Å². The van der Waals surface area contributed by atoms with Gasteiger partial charge in [0.1, 0.15) is 0 Å². The van der Waals surface area contributed by atoms with Crippen molar-refractivity contribution in [2.75, 3.05) is 11.4 Å². The lowest BCUT2D eigenvalue weighted by molar-refractivity contribution is -0.137. The molecule has 1 atom stereocenters. The van der Waals surface area contributed by atoms with E-state index >= 15 is 0 Å². The Bertz CT molecular complexity index is 1280. The molecule has 0 bridgehead atoms. The van der Waals surface area contributed by atoms with E-state index in [0.717, 1.165) is 17.8 Å². The Morgan fingerprint density at radius 2 is 1.71 bits per heavy atom. The highest BCUT2D eigenvalue weighted by molar-refractivity contribution is 7.92. The first kappa shape index (κ1) is 24.0. The van der Waals surface area contributed by atoms with Gasteiger partial charge in [-0.3, -0.25) is 4.79 Å². The van der Waals surface area contributed by atoms with E-state index in [1.165, 1.54) is 19.9 Å². The van der Waals surface area contributed by atoms with Crippen molar-refractivity contribution in [3.8, 4) is 5.69 Å². The molecule has 1 fully saturated rings. The molecule has 34 heavy (non-hydrogen) atoms. The summed E-state index contributed by atoms with van der Waals surface area (Å²) >= 11 is 0. The number of amides is 1. The summed E-state index contributed by atoms with van der Waals surface area (Å²) in [5.41, 5.74) is 0.567. The van der Waals surface area contributed by atoms with Crippen molar-refractivity contribution >= 4 is 21.4 Å². The summed E-state index contributed by atoms with van der Waals surface area (Å²) in [6, 6.07) is 11.1. The summed E-state index contributed by atoms with van der Waals surface area (Å²) in [4.78, 5) is 18.2. The van der Waals surface area contributed by atoms with Crippen LogP contribution >= 0.6 is 0 Å². The molecule has 1 saturated heterocycles. The molecule has 0 radical (unpaired) electrons. The van der Waals surface area contributed by atoms with Gasteiger partial charge in [-0.05, 0) is 68.7 Å². The fraction of sp³-hybridized carbons (Fsp3) is 0.333. The van der Waals surface area contributed by atoms with Gasteiger partial charge in [-0.2, -0.15) is 13.2 Å². The molecule has 10 heteroatoms. The quantitative estimate of drug-likeness (QED) is 0.510. The molecule has 0 spiro atoms. The number of hydrogen-bond donors (Lipinski definition) is 0. The minimum atomic E-state index is -4.65. The summed E-state index contributed by atoms with van der Waals surface area (Å²) in [5.74, 6) is -0.764. The fourth-order valence-electron chi connectivity index (χ4n) is 4.28. The van der Waals surface area contributed by atoms with Gasteiger partial charge in [-0.25, -0.2) is 13.4 Å². The van der Waals surface area contributed by atoms with E-state index < -0.39 is 37.1 Å². The number of anilines is 1. The molecule has 0 N–H and O–H groups in total. The molecular formula is C24H24F3N3O3S. The highest BCUT2D eigenvalue weighted by atomic mass is 32.2. The van der Waals surface area contributed by atoms with Crippen LogP contribution in [0.1, 0.15) is 32.3 Å². The van der Waals surface area contributed by atoms with Crippen molar-refractivity contribution in [2.24, 2.45) is 5.92 Å². The summed E-state index contributed by atoms with van der Waals surface area (Å²) < 4.78 is 66.4. The summed E-state index contributed by atoms with van der Waals surface area (Å²) in [5, 5.41) is 0. The maximum atomic E-state index is 13.3. The third-order valence-corrected chi connectivity index (χ3v) is 9.13. The number of imidazole rings is 1. The molecule has 2 heterocycles. The number of piperidine rings is 1. The Kier molecular flexibility index (Phi) is 6.05. The second-order valence-corrected chi connectivity index (χ2v) is 11.4. The maximum Gasteiger partial charge on any atom is 0.416 e. The maximum absolute atomic E-state index is 13.3. The molecule has 6 nitrogen and oxygen atoms in total. The van der Waals surface area contributed by atoms with E-state index in [-0.39, 0.29) is 12.3 Å². The normalized spacial score (nSPS) is 17.7. The highest BCUT2D eigenvalue weighted by Crippen LogP contribution is 2.40. The first-order valence-corrected chi connectivity index (χ1v) is 12.2. The zero-order chi connectivity index (χ0) is 24.7. The van der Waals surface area contributed by atoms with Crippen LogP contribution in [0.25, 0.3) is 5.69 Å². The van der Waals surface area contributed by atoms with Crippen molar-refractivity contribution < 1.29 is 26.4 Å². The Balaban J connectivity index is 1.52. The Labute approximate surface area is 196 Å². The second kappa shape index (κ2) is 8.57. The summed E-state index contributed by atoms with van der Waals surface area (Å²) in [7, 11) is -4.14. The first-order valence-electron chi connectivity index (χ1n) is 10.7. The number of rotatable bonds is 5. The molecule has 1 aliphatic rings. The Morgan fingerprint density at radius 3 is 2.29 bits per heavy atom. The molecule has 0 unspecified atom stereocenters. The van der Waals surface area contributed by atoms with Crippen LogP contribution in [0.15, 0.2) is 72.1 Å². The highest BCUT2D eigenvalue weighted by Gasteiger charge is 2.46. The van der Waals surface area contributed by atoms with Crippen molar-refractivity contribution in [3.63, 3.8) is 0 Å². The molecule has 1 amide bonds. The molecule has 180 valence electrons. The van der Waals surface area contributed by atoms with Crippen LogP contribution in [0, 0.1) is 5.92 Å². The lowest BCUT2D eigenvalue weighted by Crippen LogP contribution is -2.48. The third-order valence-electron chi connectivity index (χ3n) is 6.53. The molecule has 4 rings (SSSR count). The van der Waals surface area contributed by atoms with E-state index in [4.69, 9.17) is 0 Å². The van der Waals surface area contributed by atoms with E-state index in [2.05, 4.69) is 4.98 Å². The number of benzene rings is 2. The zero-order valence-electron chi connectivity index (χ0n) is 18.7. The number of halogens is 3. The van der Waals surface area contributed by atoms with Crippen molar-refractivity contribution in [3.05, 3.63) is 72.8 Å². The van der Waals surface area contributed by atoms with Crippen molar-refractivity contribution in [1.29, 1.82) is 0 Å². The number of alkyl halides is 3. The predicted molar refractivity (Wildman–Crippen MR) is 121 cm³/mol. The number of nitrogens with zero attached hydrogens (tertiary/aromatic N) is 3. The van der Waals surface area contributed by atoms with Crippen LogP contribution < -0.4 is 4.90 Å². The van der Waals surface area contributed by atoms with Crippen molar-refractivity contribution in [1.82, 2.24) is 9.55 Å². The number of aromatic nitrogens is 2. The average Bonchev–Trinajstić information content (AvgIpc) is 3.33. The Hall–Kier alpha value is -3.14. The van der Waals surface area contributed by atoms with Gasteiger partial charge in [0.15, 0.2) is 9.84 Å². The van der Waals surface area contributed by atoms with Crippen LogP contribution in [0.2, 0.25) is 0 Å². The molecule has 1 aliphatic heterocycles. The molecule has 2 aromatic carbocycles. The van der Waals surface area contributed by atoms with Gasteiger partial charge in [0.05, 0.1) is 21.5 Å². The largest absolute Gasteiger partial charge is 0.416 e. The summed E-state index contributed by atoms with van der Waals surface area (Å²) in [6.07, 6.45) is 0.869.